The van der Waals surface area contributed by atoms with E-state index in [0.29, 0.717) is 18.3 Å². The minimum atomic E-state index is -0.718. The Bertz CT molecular complexity index is 601. The molecule has 2 aliphatic heterocycles. The van der Waals surface area contributed by atoms with E-state index in [0.717, 1.165) is 44.9 Å². The minimum Gasteiger partial charge on any atom is -0.481 e. The van der Waals surface area contributed by atoms with Gasteiger partial charge in [0.05, 0.1) is 12.0 Å². The summed E-state index contributed by atoms with van der Waals surface area (Å²) < 4.78 is 6.63. The lowest BCUT2D eigenvalue weighted by atomic mass is 9.52. The Kier molecular flexibility index (Phi) is 4.49. The second-order valence-electron chi connectivity index (χ2n) is 10.1. The lowest BCUT2D eigenvalue weighted by molar-refractivity contribution is -0.213. The summed E-state index contributed by atoms with van der Waals surface area (Å²) in [7, 11) is 0. The van der Waals surface area contributed by atoms with Crippen molar-refractivity contribution >= 4 is 11.8 Å². The SMILES string of the molecule is C[C@@H]1CC[C@@H]2[C@@H]3CC[C@H]([C@H](C)C(=O)O)[C@]3(C)CC(=O)[C@]23CCC[C@H](C1)O3. The predicted molar refractivity (Wildman–Crippen MR) is 98.7 cm³/mol. The van der Waals surface area contributed by atoms with E-state index in [9.17, 15) is 14.7 Å². The number of aliphatic carboxylic acids is 1. The summed E-state index contributed by atoms with van der Waals surface area (Å²) in [5.41, 5.74) is -0.738. The van der Waals surface area contributed by atoms with Crippen LogP contribution in [0.25, 0.3) is 0 Å². The summed E-state index contributed by atoms with van der Waals surface area (Å²) in [5.74, 6) is 0.652. The van der Waals surface area contributed by atoms with Gasteiger partial charge in [0.15, 0.2) is 5.78 Å². The molecule has 0 aromatic rings. The van der Waals surface area contributed by atoms with E-state index in [1.807, 2.05) is 6.92 Å². The summed E-state index contributed by atoms with van der Waals surface area (Å²) in [6, 6.07) is 0. The van der Waals surface area contributed by atoms with Crippen molar-refractivity contribution in [1.29, 1.82) is 0 Å². The number of carbonyl (C=O) groups excluding carboxylic acids is 1. The number of carbonyl (C=O) groups is 2. The Labute approximate surface area is 157 Å². The fourth-order valence-corrected chi connectivity index (χ4v) is 7.35. The van der Waals surface area contributed by atoms with Crippen LogP contribution >= 0.6 is 0 Å². The third kappa shape index (κ3) is 2.58. The average Bonchev–Trinajstić information content (AvgIpc) is 2.90. The Balaban J connectivity index is 1.71. The molecule has 2 saturated carbocycles. The van der Waals surface area contributed by atoms with E-state index < -0.39 is 11.6 Å². The zero-order valence-corrected chi connectivity index (χ0v) is 16.5. The molecule has 146 valence electrons. The summed E-state index contributed by atoms with van der Waals surface area (Å²) >= 11 is 0. The second kappa shape index (κ2) is 6.32. The normalized spacial score (nSPS) is 49.5. The summed E-state index contributed by atoms with van der Waals surface area (Å²) in [4.78, 5) is 25.2. The van der Waals surface area contributed by atoms with Gasteiger partial charge >= 0.3 is 5.97 Å². The van der Waals surface area contributed by atoms with Crippen molar-refractivity contribution in [3.05, 3.63) is 0 Å². The second-order valence-corrected chi connectivity index (χ2v) is 10.1. The van der Waals surface area contributed by atoms with E-state index in [1.54, 1.807) is 0 Å². The standard InChI is InChI=1S/C22H34O4/c1-13-6-7-18-17-9-8-16(14(2)20(24)25)21(17,3)12-19(23)22(18)10-4-5-15(11-13)26-22/h13-18H,4-12H2,1-3H3,(H,24,25)/t13-,14+,15-,16-,17+,18-,21+,22+/m1/s1. The molecule has 2 bridgehead atoms. The lowest BCUT2D eigenvalue weighted by Crippen LogP contribution is -2.62. The number of fused-ring (bicyclic) bond motifs is 3. The van der Waals surface area contributed by atoms with E-state index in [-0.39, 0.29) is 35.1 Å². The molecule has 8 atom stereocenters. The summed E-state index contributed by atoms with van der Waals surface area (Å²) in [5, 5.41) is 9.59. The molecular weight excluding hydrogens is 328 g/mol. The van der Waals surface area contributed by atoms with Crippen LogP contribution < -0.4 is 0 Å². The molecule has 0 radical (unpaired) electrons. The number of ketones is 1. The molecule has 2 saturated heterocycles. The third-order valence-corrected chi connectivity index (χ3v) is 8.66. The molecule has 4 rings (SSSR count). The molecule has 0 aromatic heterocycles. The molecule has 0 aromatic carbocycles. The molecule has 0 amide bonds. The Morgan fingerprint density at radius 1 is 1.19 bits per heavy atom. The van der Waals surface area contributed by atoms with Gasteiger partial charge in [-0.1, -0.05) is 27.2 Å². The molecule has 26 heavy (non-hydrogen) atoms. The van der Waals surface area contributed by atoms with Gasteiger partial charge in [-0.2, -0.15) is 0 Å². The minimum absolute atomic E-state index is 0.105. The van der Waals surface area contributed by atoms with Crippen LogP contribution in [0, 0.1) is 35.0 Å². The molecule has 4 aliphatic rings. The van der Waals surface area contributed by atoms with E-state index in [1.165, 1.54) is 6.42 Å². The van der Waals surface area contributed by atoms with Crippen molar-refractivity contribution < 1.29 is 19.4 Å². The van der Waals surface area contributed by atoms with Crippen LogP contribution in [0.1, 0.15) is 78.6 Å². The van der Waals surface area contributed by atoms with Crippen molar-refractivity contribution in [1.82, 2.24) is 0 Å². The number of ether oxygens (including phenoxy) is 1. The Morgan fingerprint density at radius 2 is 1.92 bits per heavy atom. The van der Waals surface area contributed by atoms with Crippen molar-refractivity contribution in [3.63, 3.8) is 0 Å². The number of Topliss-reactive ketones (excluding diaryl/α,β-unsaturated/α-hetero) is 1. The number of carboxylic acid groups (broad SMARTS) is 1. The first-order chi connectivity index (χ1) is 12.3. The summed E-state index contributed by atoms with van der Waals surface area (Å²) in [6.45, 7) is 6.36. The van der Waals surface area contributed by atoms with Crippen molar-refractivity contribution in [2.75, 3.05) is 0 Å². The highest BCUT2D eigenvalue weighted by atomic mass is 16.5. The van der Waals surface area contributed by atoms with Gasteiger partial charge in [0.2, 0.25) is 0 Å². The van der Waals surface area contributed by atoms with Crippen LogP contribution in [0.2, 0.25) is 0 Å². The smallest absolute Gasteiger partial charge is 0.306 e. The third-order valence-electron chi connectivity index (χ3n) is 8.66. The molecule has 1 spiro atoms. The van der Waals surface area contributed by atoms with Crippen LogP contribution in [0.3, 0.4) is 0 Å². The van der Waals surface area contributed by atoms with E-state index in [4.69, 9.17) is 4.74 Å². The monoisotopic (exact) mass is 362 g/mol. The molecule has 1 N–H and O–H groups in total. The Morgan fingerprint density at radius 3 is 2.65 bits per heavy atom. The van der Waals surface area contributed by atoms with E-state index in [2.05, 4.69) is 13.8 Å². The van der Waals surface area contributed by atoms with Crippen molar-refractivity contribution in [3.8, 4) is 0 Å². The fraction of sp³-hybridized carbons (Fsp3) is 0.909. The quantitative estimate of drug-likeness (QED) is 0.788. The van der Waals surface area contributed by atoms with E-state index >= 15 is 0 Å². The first kappa shape index (κ1) is 18.5. The molecule has 2 aliphatic carbocycles. The first-order valence-electron chi connectivity index (χ1n) is 10.7. The van der Waals surface area contributed by atoms with Gasteiger partial charge in [0.25, 0.3) is 0 Å². The van der Waals surface area contributed by atoms with Gasteiger partial charge in [-0.15, -0.1) is 0 Å². The number of hydrogen-bond acceptors (Lipinski definition) is 3. The molecule has 0 unspecified atom stereocenters. The van der Waals surface area contributed by atoms with Gasteiger partial charge in [-0.3, -0.25) is 9.59 Å². The maximum Gasteiger partial charge on any atom is 0.306 e. The highest BCUT2D eigenvalue weighted by Crippen LogP contribution is 2.64. The zero-order valence-electron chi connectivity index (χ0n) is 16.5. The molecule has 4 nitrogen and oxygen atoms in total. The number of carboxylic acids is 1. The van der Waals surface area contributed by atoms with Crippen LogP contribution in [0.15, 0.2) is 0 Å². The van der Waals surface area contributed by atoms with Crippen LogP contribution in [-0.4, -0.2) is 28.6 Å². The van der Waals surface area contributed by atoms with Gasteiger partial charge < -0.3 is 9.84 Å². The van der Waals surface area contributed by atoms with Gasteiger partial charge in [0.1, 0.15) is 5.60 Å². The van der Waals surface area contributed by atoms with Crippen LogP contribution in [0.4, 0.5) is 0 Å². The Hall–Kier alpha value is -0.900. The zero-order chi connectivity index (χ0) is 18.7. The predicted octanol–water partition coefficient (Wildman–Crippen LogP) is 4.46. The van der Waals surface area contributed by atoms with Crippen molar-refractivity contribution in [2.24, 2.45) is 35.0 Å². The summed E-state index contributed by atoms with van der Waals surface area (Å²) in [6.07, 6.45) is 9.14. The van der Waals surface area contributed by atoms with Crippen LogP contribution in [0.5, 0.6) is 0 Å². The van der Waals surface area contributed by atoms with Gasteiger partial charge in [-0.25, -0.2) is 0 Å². The number of hydrogen-bond donors (Lipinski definition) is 1. The van der Waals surface area contributed by atoms with Crippen molar-refractivity contribution in [2.45, 2.75) is 90.3 Å². The molecule has 2 heterocycles. The maximum atomic E-state index is 13.5. The van der Waals surface area contributed by atoms with Gasteiger partial charge in [-0.05, 0) is 74.0 Å². The molecule has 4 heteroatoms. The average molecular weight is 363 g/mol. The highest BCUT2D eigenvalue weighted by Gasteiger charge is 2.65. The highest BCUT2D eigenvalue weighted by molar-refractivity contribution is 5.90. The van der Waals surface area contributed by atoms with Gasteiger partial charge in [0, 0.05) is 6.42 Å². The molecular formula is C22H34O4. The lowest BCUT2D eigenvalue weighted by Gasteiger charge is -2.57. The largest absolute Gasteiger partial charge is 0.481 e. The topological polar surface area (TPSA) is 63.6 Å². The maximum absolute atomic E-state index is 13.5. The fourth-order valence-electron chi connectivity index (χ4n) is 7.35. The molecule has 4 fully saturated rings. The first-order valence-corrected chi connectivity index (χ1v) is 10.7. The number of rotatable bonds is 2. The van der Waals surface area contributed by atoms with Crippen LogP contribution in [-0.2, 0) is 14.3 Å².